The fraction of sp³-hybridized carbons (Fsp3) is 0.318. The highest BCUT2D eigenvalue weighted by atomic mass is 16.6. The Hall–Kier alpha value is -3.75. The highest BCUT2D eigenvalue weighted by Crippen LogP contribution is 2.25. The van der Waals surface area contributed by atoms with E-state index < -0.39 is 0 Å². The molecular formula is C22H22N6O3. The molecular weight excluding hydrogens is 396 g/mol. The Kier molecular flexibility index (Phi) is 4.85. The second-order valence-corrected chi connectivity index (χ2v) is 7.36. The highest BCUT2D eigenvalue weighted by molar-refractivity contribution is 5.82. The van der Waals surface area contributed by atoms with Gasteiger partial charge < -0.3 is 19.0 Å². The van der Waals surface area contributed by atoms with Crippen molar-refractivity contribution in [2.24, 2.45) is 0 Å². The predicted octanol–water partition coefficient (Wildman–Crippen LogP) is 3.42. The van der Waals surface area contributed by atoms with Crippen LogP contribution in [0.2, 0.25) is 0 Å². The number of aromatic nitrogens is 4. The summed E-state index contributed by atoms with van der Waals surface area (Å²) in [4.78, 5) is 34.1. The second kappa shape index (κ2) is 7.82. The summed E-state index contributed by atoms with van der Waals surface area (Å²) in [6.07, 6.45) is 1.49. The van der Waals surface area contributed by atoms with Gasteiger partial charge in [0, 0.05) is 38.7 Å². The fourth-order valence-electron chi connectivity index (χ4n) is 3.74. The van der Waals surface area contributed by atoms with E-state index >= 15 is 0 Å². The topological polar surface area (TPSA) is 97.5 Å². The number of nitrogens with zero attached hydrogens (tertiary/aromatic N) is 6. The molecule has 1 amide bonds. The van der Waals surface area contributed by atoms with Crippen LogP contribution in [0.1, 0.15) is 12.8 Å². The quantitative estimate of drug-likeness (QED) is 0.499. The third kappa shape index (κ3) is 3.74. The lowest BCUT2D eigenvalue weighted by atomic mass is 10.1. The zero-order valence-electron chi connectivity index (χ0n) is 17.4. The summed E-state index contributed by atoms with van der Waals surface area (Å²) in [6.45, 7) is 6.53. The molecule has 9 nitrogen and oxygen atoms in total. The van der Waals surface area contributed by atoms with Crippen LogP contribution >= 0.6 is 0 Å². The van der Waals surface area contributed by atoms with Gasteiger partial charge >= 0.3 is 6.09 Å². The van der Waals surface area contributed by atoms with Gasteiger partial charge in [-0.3, -0.25) is 0 Å². The summed E-state index contributed by atoms with van der Waals surface area (Å²) in [7, 11) is 0. The second-order valence-electron chi connectivity index (χ2n) is 7.36. The molecule has 5 rings (SSSR count). The highest BCUT2D eigenvalue weighted by Gasteiger charge is 2.23. The van der Waals surface area contributed by atoms with E-state index in [4.69, 9.17) is 19.1 Å². The third-order valence-corrected chi connectivity index (χ3v) is 5.31. The van der Waals surface area contributed by atoms with E-state index in [9.17, 15) is 4.79 Å². The number of piperazine rings is 1. The summed E-state index contributed by atoms with van der Waals surface area (Å²) in [5.41, 5.74) is 4.61. The molecule has 158 valence electrons. The van der Waals surface area contributed by atoms with Gasteiger partial charge in [-0.2, -0.15) is 0 Å². The lowest BCUT2D eigenvalue weighted by molar-refractivity contribution is 0.105. The molecule has 0 bridgehead atoms. The van der Waals surface area contributed by atoms with Crippen LogP contribution in [-0.4, -0.2) is 63.7 Å². The Morgan fingerprint density at radius 1 is 1.06 bits per heavy atom. The van der Waals surface area contributed by atoms with E-state index in [2.05, 4.69) is 14.9 Å². The molecule has 1 fully saturated rings. The third-order valence-electron chi connectivity index (χ3n) is 5.31. The van der Waals surface area contributed by atoms with Gasteiger partial charge in [-0.15, -0.1) is 0 Å². The first-order valence-corrected chi connectivity index (χ1v) is 10.3. The molecule has 0 saturated carbocycles. The van der Waals surface area contributed by atoms with Gasteiger partial charge in [0.2, 0.25) is 0 Å². The molecule has 3 aromatic heterocycles. The zero-order chi connectivity index (χ0) is 21.4. The van der Waals surface area contributed by atoms with Crippen molar-refractivity contribution in [2.45, 2.75) is 13.8 Å². The number of benzene rings is 1. The van der Waals surface area contributed by atoms with Crippen LogP contribution in [0.5, 0.6) is 0 Å². The number of hydrogen-bond donors (Lipinski definition) is 0. The normalized spacial score (nSPS) is 14.4. The van der Waals surface area contributed by atoms with Crippen LogP contribution in [-0.2, 0) is 4.74 Å². The van der Waals surface area contributed by atoms with E-state index in [1.54, 1.807) is 11.1 Å². The lowest BCUT2D eigenvalue weighted by Crippen LogP contribution is -2.49. The van der Waals surface area contributed by atoms with Crippen molar-refractivity contribution in [3.8, 4) is 11.3 Å². The molecule has 0 N–H and O–H groups in total. The fourth-order valence-corrected chi connectivity index (χ4v) is 3.74. The molecule has 1 saturated heterocycles. The van der Waals surface area contributed by atoms with Crippen molar-refractivity contribution < 1.29 is 13.9 Å². The number of fused-ring (bicyclic) bond motifs is 2. The number of rotatable bonds is 3. The Morgan fingerprint density at radius 3 is 2.71 bits per heavy atom. The van der Waals surface area contributed by atoms with Crippen LogP contribution in [0.4, 0.5) is 10.6 Å². The first-order chi connectivity index (χ1) is 15.1. The summed E-state index contributed by atoms with van der Waals surface area (Å²) in [5, 5.41) is 0. The molecule has 1 aromatic carbocycles. The van der Waals surface area contributed by atoms with Crippen molar-refractivity contribution in [1.29, 1.82) is 0 Å². The summed E-state index contributed by atoms with van der Waals surface area (Å²) in [5.74, 6) is 1.39. The van der Waals surface area contributed by atoms with Gasteiger partial charge in [0.15, 0.2) is 17.1 Å². The Bertz CT molecular complexity index is 1260. The summed E-state index contributed by atoms with van der Waals surface area (Å²) >= 11 is 0. The van der Waals surface area contributed by atoms with Gasteiger partial charge in [-0.05, 0) is 37.3 Å². The predicted molar refractivity (Wildman–Crippen MR) is 116 cm³/mol. The maximum atomic E-state index is 11.9. The van der Waals surface area contributed by atoms with Crippen LogP contribution in [0, 0.1) is 6.92 Å². The number of hydrogen-bond acceptors (Lipinski definition) is 8. The lowest BCUT2D eigenvalue weighted by Gasteiger charge is -2.34. The molecule has 4 aromatic rings. The Balaban J connectivity index is 1.40. The standard InChI is InChI=1S/C22H22N6O3/c1-3-30-22(29)28-10-8-27(9-11-28)20-13-23-17-6-5-16(25-21(17)26-20)15-4-7-19-18(12-15)24-14(2)31-19/h4-7,12-13H,3,8-11H2,1-2H3. The number of aryl methyl sites for hydroxylation is 1. The van der Waals surface area contributed by atoms with Crippen molar-refractivity contribution >= 4 is 34.2 Å². The molecule has 0 radical (unpaired) electrons. The zero-order valence-corrected chi connectivity index (χ0v) is 17.4. The molecule has 9 heteroatoms. The smallest absolute Gasteiger partial charge is 0.409 e. The van der Waals surface area contributed by atoms with E-state index in [1.165, 1.54) is 0 Å². The molecule has 0 unspecified atom stereocenters. The maximum absolute atomic E-state index is 11.9. The minimum atomic E-state index is -0.266. The average molecular weight is 418 g/mol. The molecule has 1 aliphatic rings. The van der Waals surface area contributed by atoms with Gasteiger partial charge in [-0.1, -0.05) is 0 Å². The molecule has 31 heavy (non-hydrogen) atoms. The van der Waals surface area contributed by atoms with Gasteiger partial charge in [-0.25, -0.2) is 24.7 Å². The number of oxazole rings is 1. The monoisotopic (exact) mass is 418 g/mol. The number of carbonyl (C=O) groups is 1. The first kappa shape index (κ1) is 19.2. The van der Waals surface area contributed by atoms with Crippen LogP contribution in [0.25, 0.3) is 33.5 Å². The Labute approximate surface area is 178 Å². The average Bonchev–Trinajstić information content (AvgIpc) is 3.18. The first-order valence-electron chi connectivity index (χ1n) is 10.3. The van der Waals surface area contributed by atoms with Gasteiger partial charge in [0.25, 0.3) is 0 Å². The molecule has 0 aliphatic carbocycles. The van der Waals surface area contributed by atoms with Crippen LogP contribution < -0.4 is 4.90 Å². The minimum Gasteiger partial charge on any atom is -0.450 e. The minimum absolute atomic E-state index is 0.266. The molecule has 0 spiro atoms. The van der Waals surface area contributed by atoms with Crippen molar-refractivity contribution in [1.82, 2.24) is 24.8 Å². The van der Waals surface area contributed by atoms with Gasteiger partial charge in [0.05, 0.1) is 18.5 Å². The van der Waals surface area contributed by atoms with Crippen molar-refractivity contribution in [3.63, 3.8) is 0 Å². The number of ether oxygens (including phenoxy) is 1. The summed E-state index contributed by atoms with van der Waals surface area (Å²) < 4.78 is 10.6. The molecule has 1 aliphatic heterocycles. The van der Waals surface area contributed by atoms with Crippen LogP contribution in [0.15, 0.2) is 40.9 Å². The van der Waals surface area contributed by atoms with Gasteiger partial charge in [0.1, 0.15) is 16.9 Å². The number of pyridine rings is 1. The maximum Gasteiger partial charge on any atom is 0.409 e. The van der Waals surface area contributed by atoms with E-state index in [0.717, 1.165) is 33.7 Å². The SMILES string of the molecule is CCOC(=O)N1CCN(c2cnc3ccc(-c4ccc5oc(C)nc5c4)nc3n2)CC1. The largest absolute Gasteiger partial charge is 0.450 e. The number of anilines is 1. The molecule has 4 heterocycles. The van der Waals surface area contributed by atoms with E-state index in [0.29, 0.717) is 44.3 Å². The summed E-state index contributed by atoms with van der Waals surface area (Å²) in [6, 6.07) is 9.69. The number of carbonyl (C=O) groups excluding carboxylic acids is 1. The van der Waals surface area contributed by atoms with Crippen molar-refractivity contribution in [2.75, 3.05) is 37.7 Å². The van der Waals surface area contributed by atoms with Crippen molar-refractivity contribution in [3.05, 3.63) is 42.4 Å². The van der Waals surface area contributed by atoms with E-state index in [1.807, 2.05) is 44.2 Å². The Morgan fingerprint density at radius 2 is 1.90 bits per heavy atom. The number of amides is 1. The van der Waals surface area contributed by atoms with E-state index in [-0.39, 0.29) is 6.09 Å². The molecule has 0 atom stereocenters. The van der Waals surface area contributed by atoms with Crippen LogP contribution in [0.3, 0.4) is 0 Å².